The summed E-state index contributed by atoms with van der Waals surface area (Å²) in [5, 5.41) is 3.42. The van der Waals surface area contributed by atoms with Crippen molar-refractivity contribution >= 4 is 5.91 Å². The maximum Gasteiger partial charge on any atom is 0.226 e. The zero-order valence-corrected chi connectivity index (χ0v) is 10.5. The average molecular weight is 224 g/mol. The van der Waals surface area contributed by atoms with Crippen LogP contribution in [-0.2, 0) is 4.79 Å². The zero-order chi connectivity index (χ0) is 11.5. The second-order valence-electron chi connectivity index (χ2n) is 5.62. The Hall–Kier alpha value is -0.570. The van der Waals surface area contributed by atoms with E-state index in [4.69, 9.17) is 0 Å². The van der Waals surface area contributed by atoms with Gasteiger partial charge in [-0.1, -0.05) is 6.92 Å². The summed E-state index contributed by atoms with van der Waals surface area (Å²) in [4.78, 5) is 14.4. The third-order valence-electron chi connectivity index (χ3n) is 3.98. The highest BCUT2D eigenvalue weighted by Gasteiger charge is 2.29. The van der Waals surface area contributed by atoms with Gasteiger partial charge in [-0.2, -0.15) is 0 Å². The lowest BCUT2D eigenvalue weighted by atomic mass is 9.92. The number of piperidine rings is 2. The molecule has 0 spiro atoms. The first kappa shape index (κ1) is 11.9. The van der Waals surface area contributed by atoms with Crippen LogP contribution < -0.4 is 5.32 Å². The van der Waals surface area contributed by atoms with Crippen molar-refractivity contribution in [1.82, 2.24) is 10.2 Å². The maximum atomic E-state index is 12.3. The van der Waals surface area contributed by atoms with E-state index in [2.05, 4.69) is 24.1 Å². The van der Waals surface area contributed by atoms with Crippen LogP contribution in [0.5, 0.6) is 0 Å². The summed E-state index contributed by atoms with van der Waals surface area (Å²) >= 11 is 0. The molecule has 16 heavy (non-hydrogen) atoms. The Morgan fingerprint density at radius 2 is 2.06 bits per heavy atom. The van der Waals surface area contributed by atoms with Crippen LogP contribution in [0.2, 0.25) is 0 Å². The van der Waals surface area contributed by atoms with E-state index in [1.165, 1.54) is 12.8 Å². The van der Waals surface area contributed by atoms with Gasteiger partial charge in [0.25, 0.3) is 0 Å². The van der Waals surface area contributed by atoms with Crippen LogP contribution in [0.1, 0.15) is 39.5 Å². The van der Waals surface area contributed by atoms with E-state index in [1.807, 2.05) is 0 Å². The third kappa shape index (κ3) is 2.76. The predicted molar refractivity (Wildman–Crippen MR) is 65.2 cm³/mol. The Balaban J connectivity index is 1.86. The number of carbonyl (C=O) groups excluding carboxylic acids is 1. The molecule has 0 bridgehead atoms. The quantitative estimate of drug-likeness (QED) is 0.734. The fourth-order valence-electron chi connectivity index (χ4n) is 2.86. The Labute approximate surface area is 98.6 Å². The number of carbonyl (C=O) groups is 1. The van der Waals surface area contributed by atoms with Crippen LogP contribution in [0, 0.1) is 11.8 Å². The predicted octanol–water partition coefficient (Wildman–Crippen LogP) is 1.63. The fraction of sp³-hybridized carbons (Fsp3) is 0.923. The molecular weight excluding hydrogens is 200 g/mol. The number of nitrogens with zero attached hydrogens (tertiary/aromatic N) is 1. The summed E-state index contributed by atoms with van der Waals surface area (Å²) in [6, 6.07) is 0.587. The lowest BCUT2D eigenvalue weighted by Gasteiger charge is -2.35. The molecule has 2 aliphatic rings. The van der Waals surface area contributed by atoms with Gasteiger partial charge in [0.15, 0.2) is 0 Å². The van der Waals surface area contributed by atoms with E-state index in [-0.39, 0.29) is 5.92 Å². The zero-order valence-electron chi connectivity index (χ0n) is 10.5. The van der Waals surface area contributed by atoms with Gasteiger partial charge in [0.2, 0.25) is 5.91 Å². The second-order valence-corrected chi connectivity index (χ2v) is 5.62. The summed E-state index contributed by atoms with van der Waals surface area (Å²) in [7, 11) is 0. The van der Waals surface area contributed by atoms with Gasteiger partial charge >= 0.3 is 0 Å². The van der Waals surface area contributed by atoms with Gasteiger partial charge in [-0.3, -0.25) is 4.79 Å². The van der Waals surface area contributed by atoms with Gasteiger partial charge < -0.3 is 10.2 Å². The Kier molecular flexibility index (Phi) is 3.85. The molecule has 0 aromatic rings. The van der Waals surface area contributed by atoms with E-state index in [1.54, 1.807) is 0 Å². The van der Waals surface area contributed by atoms with E-state index >= 15 is 0 Å². The van der Waals surface area contributed by atoms with Crippen LogP contribution in [-0.4, -0.2) is 36.5 Å². The SMILES string of the molecule is CC1CCCN(C(=O)C2CCC(C)NC2)C1. The van der Waals surface area contributed by atoms with Crippen LogP contribution >= 0.6 is 0 Å². The lowest BCUT2D eigenvalue weighted by molar-refractivity contribution is -0.138. The molecule has 0 radical (unpaired) electrons. The molecule has 3 heteroatoms. The van der Waals surface area contributed by atoms with Crippen molar-refractivity contribution in [3.8, 4) is 0 Å². The first-order valence-electron chi connectivity index (χ1n) is 6.69. The molecular formula is C13H24N2O. The summed E-state index contributed by atoms with van der Waals surface area (Å²) in [5.74, 6) is 1.32. The number of amides is 1. The van der Waals surface area contributed by atoms with Gasteiger partial charge in [0.1, 0.15) is 0 Å². The average Bonchev–Trinajstić information content (AvgIpc) is 2.29. The molecule has 2 aliphatic heterocycles. The Morgan fingerprint density at radius 1 is 1.25 bits per heavy atom. The highest BCUT2D eigenvalue weighted by molar-refractivity contribution is 5.79. The van der Waals surface area contributed by atoms with E-state index in [9.17, 15) is 4.79 Å². The monoisotopic (exact) mass is 224 g/mol. The minimum atomic E-state index is 0.237. The summed E-state index contributed by atoms with van der Waals surface area (Å²) in [6.07, 6.45) is 4.67. The lowest BCUT2D eigenvalue weighted by Crippen LogP contribution is -2.48. The molecule has 2 rings (SSSR count). The molecule has 3 unspecified atom stereocenters. The van der Waals surface area contributed by atoms with Crippen molar-refractivity contribution in [3.05, 3.63) is 0 Å². The highest BCUT2D eigenvalue weighted by Crippen LogP contribution is 2.21. The molecule has 2 fully saturated rings. The van der Waals surface area contributed by atoms with Crippen molar-refractivity contribution in [2.75, 3.05) is 19.6 Å². The minimum absolute atomic E-state index is 0.237. The molecule has 1 N–H and O–H groups in total. The molecule has 0 saturated carbocycles. The molecule has 1 amide bonds. The van der Waals surface area contributed by atoms with E-state index in [0.717, 1.165) is 32.5 Å². The molecule has 3 nitrogen and oxygen atoms in total. The Bertz CT molecular complexity index is 246. The summed E-state index contributed by atoms with van der Waals surface area (Å²) in [5.41, 5.74) is 0. The van der Waals surface area contributed by atoms with Crippen LogP contribution in [0.15, 0.2) is 0 Å². The van der Waals surface area contributed by atoms with Crippen molar-refractivity contribution < 1.29 is 4.79 Å². The normalized spacial score (nSPS) is 36.1. The van der Waals surface area contributed by atoms with E-state index < -0.39 is 0 Å². The largest absolute Gasteiger partial charge is 0.342 e. The third-order valence-corrected chi connectivity index (χ3v) is 3.98. The van der Waals surface area contributed by atoms with Crippen molar-refractivity contribution in [3.63, 3.8) is 0 Å². The van der Waals surface area contributed by atoms with Crippen molar-refractivity contribution in [2.24, 2.45) is 11.8 Å². The smallest absolute Gasteiger partial charge is 0.226 e. The topological polar surface area (TPSA) is 32.3 Å². The maximum absolute atomic E-state index is 12.3. The minimum Gasteiger partial charge on any atom is -0.342 e. The molecule has 0 aliphatic carbocycles. The van der Waals surface area contributed by atoms with Gasteiger partial charge in [0, 0.05) is 25.7 Å². The fourth-order valence-corrected chi connectivity index (χ4v) is 2.86. The summed E-state index contributed by atoms with van der Waals surface area (Å²) < 4.78 is 0. The molecule has 2 saturated heterocycles. The number of likely N-dealkylation sites (tertiary alicyclic amines) is 1. The van der Waals surface area contributed by atoms with Gasteiger partial charge in [-0.05, 0) is 38.5 Å². The number of nitrogens with one attached hydrogen (secondary N) is 1. The number of hydrogen-bond acceptors (Lipinski definition) is 2. The molecule has 3 atom stereocenters. The molecule has 2 heterocycles. The molecule has 0 aromatic carbocycles. The van der Waals surface area contributed by atoms with Gasteiger partial charge in [-0.15, -0.1) is 0 Å². The van der Waals surface area contributed by atoms with Crippen molar-refractivity contribution in [2.45, 2.75) is 45.6 Å². The standard InChI is InChI=1S/C13H24N2O/c1-10-4-3-7-15(9-10)13(16)12-6-5-11(2)14-8-12/h10-12,14H,3-9H2,1-2H3. The first-order valence-corrected chi connectivity index (χ1v) is 6.69. The molecule has 0 aromatic heterocycles. The van der Waals surface area contributed by atoms with Crippen LogP contribution in [0.4, 0.5) is 0 Å². The second kappa shape index (κ2) is 5.17. The molecule has 92 valence electrons. The number of rotatable bonds is 1. The first-order chi connectivity index (χ1) is 7.66. The number of hydrogen-bond donors (Lipinski definition) is 1. The summed E-state index contributed by atoms with van der Waals surface area (Å²) in [6.45, 7) is 7.29. The van der Waals surface area contributed by atoms with Crippen molar-refractivity contribution in [1.29, 1.82) is 0 Å². The van der Waals surface area contributed by atoms with Crippen LogP contribution in [0.25, 0.3) is 0 Å². The van der Waals surface area contributed by atoms with Gasteiger partial charge in [0.05, 0.1) is 5.92 Å². The van der Waals surface area contributed by atoms with Gasteiger partial charge in [-0.25, -0.2) is 0 Å². The Morgan fingerprint density at radius 3 is 2.69 bits per heavy atom. The van der Waals surface area contributed by atoms with E-state index in [0.29, 0.717) is 17.9 Å². The highest BCUT2D eigenvalue weighted by atomic mass is 16.2. The van der Waals surface area contributed by atoms with Crippen LogP contribution in [0.3, 0.4) is 0 Å².